The Morgan fingerprint density at radius 3 is 2.30 bits per heavy atom. The van der Waals surface area contributed by atoms with E-state index in [1.807, 2.05) is 49.4 Å². The molecule has 2 aliphatic carbocycles. The molecule has 0 radical (unpaired) electrons. The molecule has 0 bridgehead atoms. The fraction of sp³-hybridized carbons (Fsp3) is 0.517. The maximum atomic E-state index is 13.5. The molecule has 4 nitrogen and oxygen atoms in total. The highest BCUT2D eigenvalue weighted by molar-refractivity contribution is 5.99. The van der Waals surface area contributed by atoms with Gasteiger partial charge in [0.05, 0.1) is 12.2 Å². The minimum absolute atomic E-state index is 0.0385. The summed E-state index contributed by atoms with van der Waals surface area (Å²) in [6, 6.07) is 15.3. The van der Waals surface area contributed by atoms with Gasteiger partial charge in [0.15, 0.2) is 11.9 Å². The van der Waals surface area contributed by atoms with Crippen molar-refractivity contribution in [2.75, 3.05) is 6.61 Å². The smallest absolute Gasteiger partial charge is 0.339 e. The lowest BCUT2D eigenvalue weighted by Gasteiger charge is -2.32. The van der Waals surface area contributed by atoms with Crippen LogP contribution in [0.5, 0.6) is 5.75 Å². The molecule has 0 saturated heterocycles. The lowest BCUT2D eigenvalue weighted by Crippen LogP contribution is -2.40. The van der Waals surface area contributed by atoms with Gasteiger partial charge in [-0.05, 0) is 61.9 Å². The molecule has 2 aromatic carbocycles. The van der Waals surface area contributed by atoms with Crippen molar-refractivity contribution in [2.24, 2.45) is 11.8 Å². The number of esters is 1. The Morgan fingerprint density at radius 2 is 1.58 bits per heavy atom. The molecule has 4 heteroatoms. The zero-order chi connectivity index (χ0) is 23.0. The van der Waals surface area contributed by atoms with Gasteiger partial charge < -0.3 is 9.47 Å². The van der Waals surface area contributed by atoms with Gasteiger partial charge in [0.1, 0.15) is 5.75 Å². The van der Waals surface area contributed by atoms with E-state index in [2.05, 4.69) is 0 Å². The van der Waals surface area contributed by atoms with E-state index in [1.165, 1.54) is 12.8 Å². The molecule has 1 unspecified atom stereocenters. The third-order valence-corrected chi connectivity index (χ3v) is 7.20. The van der Waals surface area contributed by atoms with Gasteiger partial charge in [-0.25, -0.2) is 4.79 Å². The van der Waals surface area contributed by atoms with E-state index in [-0.39, 0.29) is 17.6 Å². The van der Waals surface area contributed by atoms with Crippen LogP contribution < -0.4 is 4.74 Å². The summed E-state index contributed by atoms with van der Waals surface area (Å²) in [5.41, 5.74) is 2.21. The lowest BCUT2D eigenvalue weighted by atomic mass is 9.77. The second-order valence-corrected chi connectivity index (χ2v) is 9.47. The summed E-state index contributed by atoms with van der Waals surface area (Å²) in [5, 5.41) is 0. The number of ether oxygens (including phenoxy) is 2. The van der Waals surface area contributed by atoms with Crippen LogP contribution in [0.4, 0.5) is 0 Å². The SMILES string of the molecule is CCOc1cccc(-c2ccccc2C(=O)OC(C(=O)C2CCCCC2)C2CCCCC2)c1. The summed E-state index contributed by atoms with van der Waals surface area (Å²) in [6.45, 7) is 2.53. The molecule has 176 valence electrons. The first-order valence-corrected chi connectivity index (χ1v) is 12.7. The van der Waals surface area contributed by atoms with E-state index in [1.54, 1.807) is 6.07 Å². The van der Waals surface area contributed by atoms with Crippen LogP contribution in [0.1, 0.15) is 81.5 Å². The monoisotopic (exact) mass is 448 g/mol. The van der Waals surface area contributed by atoms with Crippen LogP contribution in [-0.2, 0) is 9.53 Å². The predicted octanol–water partition coefficient (Wildman–Crippen LogP) is 7.01. The Kier molecular flexibility index (Phi) is 8.20. The molecule has 0 amide bonds. The van der Waals surface area contributed by atoms with E-state index in [4.69, 9.17) is 9.47 Å². The second kappa shape index (κ2) is 11.5. The average Bonchev–Trinajstić information content (AvgIpc) is 2.88. The van der Waals surface area contributed by atoms with Crippen LogP contribution in [0.25, 0.3) is 11.1 Å². The normalized spacial score (nSPS) is 18.5. The van der Waals surface area contributed by atoms with Crippen molar-refractivity contribution in [3.63, 3.8) is 0 Å². The lowest BCUT2D eigenvalue weighted by molar-refractivity contribution is -0.136. The van der Waals surface area contributed by atoms with Gasteiger partial charge in [-0.3, -0.25) is 4.79 Å². The molecule has 0 aromatic heterocycles. The van der Waals surface area contributed by atoms with Crippen LogP contribution in [0, 0.1) is 11.8 Å². The third-order valence-electron chi connectivity index (χ3n) is 7.20. The topological polar surface area (TPSA) is 52.6 Å². The predicted molar refractivity (Wildman–Crippen MR) is 130 cm³/mol. The van der Waals surface area contributed by atoms with Crippen molar-refractivity contribution < 1.29 is 19.1 Å². The molecule has 1 atom stereocenters. The fourth-order valence-electron chi connectivity index (χ4n) is 5.45. The number of hydrogen-bond donors (Lipinski definition) is 0. The molecule has 0 N–H and O–H groups in total. The summed E-state index contributed by atoms with van der Waals surface area (Å²) in [5.74, 6) is 0.714. The first-order valence-electron chi connectivity index (χ1n) is 12.7. The molecule has 4 rings (SSSR count). The highest BCUT2D eigenvalue weighted by Gasteiger charge is 2.37. The number of rotatable bonds is 8. The van der Waals surface area contributed by atoms with Crippen molar-refractivity contribution in [1.29, 1.82) is 0 Å². The zero-order valence-electron chi connectivity index (χ0n) is 19.8. The van der Waals surface area contributed by atoms with Gasteiger partial charge in [-0.15, -0.1) is 0 Å². The van der Waals surface area contributed by atoms with Crippen LogP contribution in [-0.4, -0.2) is 24.5 Å². The highest BCUT2D eigenvalue weighted by atomic mass is 16.5. The number of carbonyl (C=O) groups is 2. The van der Waals surface area contributed by atoms with E-state index < -0.39 is 12.1 Å². The quantitative estimate of drug-likeness (QED) is 0.408. The average molecular weight is 449 g/mol. The number of hydrogen-bond acceptors (Lipinski definition) is 4. The molecule has 0 aliphatic heterocycles. The molecule has 33 heavy (non-hydrogen) atoms. The first-order chi connectivity index (χ1) is 16.2. The maximum absolute atomic E-state index is 13.5. The van der Waals surface area contributed by atoms with Crippen molar-refractivity contribution in [3.8, 4) is 16.9 Å². The van der Waals surface area contributed by atoms with E-state index >= 15 is 0 Å². The van der Waals surface area contributed by atoms with Gasteiger partial charge in [0, 0.05) is 11.8 Å². The summed E-state index contributed by atoms with van der Waals surface area (Å²) >= 11 is 0. The number of carbonyl (C=O) groups excluding carboxylic acids is 2. The minimum Gasteiger partial charge on any atom is -0.494 e. The molecular weight excluding hydrogens is 412 g/mol. The molecule has 2 aromatic rings. The van der Waals surface area contributed by atoms with Crippen LogP contribution in [0.3, 0.4) is 0 Å². The Labute approximate surface area is 197 Å². The minimum atomic E-state index is -0.622. The summed E-state index contributed by atoms with van der Waals surface area (Å²) in [4.78, 5) is 27.0. The van der Waals surface area contributed by atoms with Gasteiger partial charge >= 0.3 is 5.97 Å². The fourth-order valence-corrected chi connectivity index (χ4v) is 5.45. The van der Waals surface area contributed by atoms with Gasteiger partial charge in [-0.1, -0.05) is 68.9 Å². The second-order valence-electron chi connectivity index (χ2n) is 9.47. The molecular formula is C29H36O4. The highest BCUT2D eigenvalue weighted by Crippen LogP contribution is 2.35. The maximum Gasteiger partial charge on any atom is 0.339 e. The van der Waals surface area contributed by atoms with E-state index in [0.717, 1.165) is 68.2 Å². The third kappa shape index (κ3) is 5.85. The molecule has 2 saturated carbocycles. The number of benzene rings is 2. The molecule has 2 aliphatic rings. The van der Waals surface area contributed by atoms with Crippen molar-refractivity contribution in [2.45, 2.75) is 77.2 Å². The standard InChI is InChI=1S/C29H36O4/c1-2-32-24-17-11-16-23(20-24)25-18-9-10-19-26(25)29(31)33-28(22-14-7-4-8-15-22)27(30)21-12-5-3-6-13-21/h9-11,16-22,28H,2-8,12-15H2,1H3. The Balaban J connectivity index is 1.59. The number of Topliss-reactive ketones (excluding diaryl/α,β-unsaturated/α-hetero) is 1. The summed E-state index contributed by atoms with van der Waals surface area (Å²) in [6.07, 6.45) is 9.99. The Morgan fingerprint density at radius 1 is 0.879 bits per heavy atom. The first kappa shape index (κ1) is 23.5. The molecule has 0 heterocycles. The van der Waals surface area contributed by atoms with E-state index in [9.17, 15) is 9.59 Å². The van der Waals surface area contributed by atoms with Crippen LogP contribution in [0.15, 0.2) is 48.5 Å². The molecule has 2 fully saturated rings. The van der Waals surface area contributed by atoms with Crippen LogP contribution in [0.2, 0.25) is 0 Å². The van der Waals surface area contributed by atoms with Gasteiger partial charge in [0.25, 0.3) is 0 Å². The summed E-state index contributed by atoms with van der Waals surface area (Å²) < 4.78 is 11.8. The van der Waals surface area contributed by atoms with E-state index in [0.29, 0.717) is 12.2 Å². The zero-order valence-corrected chi connectivity index (χ0v) is 19.8. The van der Waals surface area contributed by atoms with Crippen molar-refractivity contribution >= 4 is 11.8 Å². The van der Waals surface area contributed by atoms with Crippen molar-refractivity contribution in [3.05, 3.63) is 54.1 Å². The Hall–Kier alpha value is -2.62. The Bertz CT molecular complexity index is 938. The number of ketones is 1. The molecule has 0 spiro atoms. The largest absolute Gasteiger partial charge is 0.494 e. The van der Waals surface area contributed by atoms with Gasteiger partial charge in [0.2, 0.25) is 0 Å². The van der Waals surface area contributed by atoms with Gasteiger partial charge in [-0.2, -0.15) is 0 Å². The van der Waals surface area contributed by atoms with Crippen molar-refractivity contribution in [1.82, 2.24) is 0 Å². The summed E-state index contributed by atoms with van der Waals surface area (Å²) in [7, 11) is 0. The van der Waals surface area contributed by atoms with Crippen LogP contribution >= 0.6 is 0 Å².